The fraction of sp³-hybridized carbons (Fsp3) is 0. The van der Waals surface area contributed by atoms with Gasteiger partial charge in [-0.25, -0.2) is 4.39 Å². The summed E-state index contributed by atoms with van der Waals surface area (Å²) in [6.07, 6.45) is 1.12. The van der Waals surface area contributed by atoms with Crippen molar-refractivity contribution in [3.63, 3.8) is 0 Å². The van der Waals surface area contributed by atoms with Crippen LogP contribution in [0.5, 0.6) is 0 Å². The Kier molecular flexibility index (Phi) is 3.13. The van der Waals surface area contributed by atoms with Gasteiger partial charge in [-0.15, -0.1) is 0 Å². The van der Waals surface area contributed by atoms with E-state index in [1.165, 1.54) is 18.2 Å². The Morgan fingerprint density at radius 2 is 2.15 bits per heavy atom. The maximum Gasteiger partial charge on any atom is 0.311 e. The van der Waals surface area contributed by atoms with E-state index in [1.807, 2.05) is 0 Å². The van der Waals surface area contributed by atoms with E-state index >= 15 is 0 Å². The molecule has 0 aliphatic heterocycles. The third-order valence-electron chi connectivity index (χ3n) is 1.35. The molecule has 3 nitrogen and oxygen atoms in total. The largest absolute Gasteiger partial charge is 0.311 e. The molecule has 1 rings (SSSR count). The Labute approximate surface area is 82.2 Å². The summed E-state index contributed by atoms with van der Waals surface area (Å²) in [5, 5.41) is 10.2. The van der Waals surface area contributed by atoms with Gasteiger partial charge in [-0.05, 0) is 6.07 Å². The molecule has 68 valence electrons. The molecule has 0 N–H and O–H groups in total. The molecule has 0 bridgehead atoms. The molecule has 0 radical (unpaired) electrons. The highest BCUT2D eigenvalue weighted by Gasteiger charge is 2.06. The number of nitrogens with zero attached hydrogens (tertiary/aromatic N) is 1. The highest BCUT2D eigenvalue weighted by molar-refractivity contribution is 9.11. The first-order valence-corrected chi connectivity index (χ1v) is 4.16. The average molecular weight is 246 g/mol. The molecule has 0 saturated heterocycles. The molecular weight excluding hydrogens is 241 g/mol. The number of hydrogen-bond donors (Lipinski definition) is 0. The van der Waals surface area contributed by atoms with Crippen LogP contribution in [0.3, 0.4) is 0 Å². The second-order valence-electron chi connectivity index (χ2n) is 2.25. The molecule has 0 atom stereocenters. The Morgan fingerprint density at radius 3 is 2.69 bits per heavy atom. The van der Waals surface area contributed by atoms with Crippen molar-refractivity contribution in [3.05, 3.63) is 50.4 Å². The van der Waals surface area contributed by atoms with Crippen LogP contribution >= 0.6 is 15.9 Å². The summed E-state index contributed by atoms with van der Waals surface area (Å²) in [5.74, 6) is -0.485. The van der Waals surface area contributed by atoms with Crippen LogP contribution in [0.2, 0.25) is 0 Å². The van der Waals surface area contributed by atoms with Crippen molar-refractivity contribution in [1.29, 1.82) is 0 Å². The molecule has 0 aromatic heterocycles. The first kappa shape index (κ1) is 9.85. The van der Waals surface area contributed by atoms with E-state index in [2.05, 4.69) is 15.9 Å². The summed E-state index contributed by atoms with van der Waals surface area (Å²) in [6.45, 7) is 0. The molecule has 0 fully saturated rings. The summed E-state index contributed by atoms with van der Waals surface area (Å²) >= 11 is 2.71. The van der Waals surface area contributed by atoms with Crippen molar-refractivity contribution in [2.45, 2.75) is 0 Å². The van der Waals surface area contributed by atoms with Crippen molar-refractivity contribution in [2.24, 2.45) is 0 Å². The monoisotopic (exact) mass is 245 g/mol. The second-order valence-corrected chi connectivity index (χ2v) is 3.06. The zero-order valence-corrected chi connectivity index (χ0v) is 7.99. The van der Waals surface area contributed by atoms with Crippen LogP contribution in [0.25, 0.3) is 6.08 Å². The average Bonchev–Trinajstić information content (AvgIpc) is 2.08. The predicted octanol–water partition coefficient (Wildman–Crippen LogP) is 2.80. The highest BCUT2D eigenvalue weighted by atomic mass is 79.9. The standard InChI is InChI=1S/C8H5BrFNO2/c9-8(11(12)13)5-6-3-1-2-4-7(6)10/h1-5H/b8-5-. The minimum Gasteiger partial charge on any atom is -0.258 e. The van der Waals surface area contributed by atoms with Crippen LogP contribution in [-0.4, -0.2) is 4.92 Å². The van der Waals surface area contributed by atoms with Crippen LogP contribution < -0.4 is 0 Å². The Balaban J connectivity index is 3.04. The number of rotatable bonds is 2. The highest BCUT2D eigenvalue weighted by Crippen LogP contribution is 2.15. The topological polar surface area (TPSA) is 43.1 Å². The number of benzene rings is 1. The van der Waals surface area contributed by atoms with E-state index in [0.717, 1.165) is 6.08 Å². The lowest BCUT2D eigenvalue weighted by Crippen LogP contribution is -1.91. The first-order chi connectivity index (χ1) is 6.11. The lowest BCUT2D eigenvalue weighted by atomic mass is 10.2. The number of nitro groups is 1. The quantitative estimate of drug-likeness (QED) is 0.457. The smallest absolute Gasteiger partial charge is 0.258 e. The van der Waals surface area contributed by atoms with Gasteiger partial charge >= 0.3 is 4.61 Å². The third-order valence-corrected chi connectivity index (χ3v) is 1.87. The molecule has 1 aromatic carbocycles. The first-order valence-electron chi connectivity index (χ1n) is 3.37. The van der Waals surface area contributed by atoms with Gasteiger partial charge in [0.15, 0.2) is 0 Å². The van der Waals surface area contributed by atoms with Gasteiger partial charge in [0.2, 0.25) is 0 Å². The lowest BCUT2D eigenvalue weighted by molar-refractivity contribution is -0.407. The van der Waals surface area contributed by atoms with Crippen LogP contribution in [0, 0.1) is 15.9 Å². The molecule has 0 aliphatic carbocycles. The maximum atomic E-state index is 12.9. The van der Waals surface area contributed by atoms with Gasteiger partial charge in [0.25, 0.3) is 0 Å². The van der Waals surface area contributed by atoms with Gasteiger partial charge in [0, 0.05) is 27.6 Å². The fourth-order valence-corrected chi connectivity index (χ4v) is 1.02. The van der Waals surface area contributed by atoms with Gasteiger partial charge in [-0.2, -0.15) is 0 Å². The van der Waals surface area contributed by atoms with Crippen molar-refractivity contribution in [1.82, 2.24) is 0 Å². The minimum atomic E-state index is -0.632. The predicted molar refractivity (Wildman–Crippen MR) is 50.3 cm³/mol. The molecule has 0 saturated carbocycles. The van der Waals surface area contributed by atoms with Crippen LogP contribution in [0.15, 0.2) is 28.9 Å². The Hall–Kier alpha value is -1.23. The van der Waals surface area contributed by atoms with E-state index in [4.69, 9.17) is 0 Å². The van der Waals surface area contributed by atoms with Gasteiger partial charge in [0.1, 0.15) is 5.82 Å². The van der Waals surface area contributed by atoms with Crippen LogP contribution in [-0.2, 0) is 0 Å². The normalized spacial score (nSPS) is 11.4. The number of hydrogen-bond acceptors (Lipinski definition) is 2. The molecular formula is C8H5BrFNO2. The van der Waals surface area contributed by atoms with E-state index in [1.54, 1.807) is 6.07 Å². The van der Waals surface area contributed by atoms with E-state index in [0.29, 0.717) is 0 Å². The molecule has 0 aliphatic rings. The van der Waals surface area contributed by atoms with Crippen LogP contribution in [0.4, 0.5) is 4.39 Å². The minimum absolute atomic E-state index is 0.186. The summed E-state index contributed by atoms with van der Waals surface area (Å²) < 4.78 is 12.7. The van der Waals surface area contributed by atoms with Crippen molar-refractivity contribution in [2.75, 3.05) is 0 Å². The van der Waals surface area contributed by atoms with Crippen molar-refractivity contribution in [3.8, 4) is 0 Å². The summed E-state index contributed by atoms with van der Waals surface area (Å²) in [7, 11) is 0. The van der Waals surface area contributed by atoms with E-state index in [9.17, 15) is 14.5 Å². The molecule has 0 amide bonds. The van der Waals surface area contributed by atoms with Gasteiger partial charge < -0.3 is 0 Å². The summed E-state index contributed by atoms with van der Waals surface area (Å²) in [4.78, 5) is 9.55. The zero-order chi connectivity index (χ0) is 9.84. The van der Waals surface area contributed by atoms with E-state index in [-0.39, 0.29) is 10.2 Å². The van der Waals surface area contributed by atoms with E-state index < -0.39 is 10.7 Å². The summed E-state index contributed by atoms with van der Waals surface area (Å²) in [6, 6.07) is 5.83. The zero-order valence-electron chi connectivity index (χ0n) is 6.41. The second kappa shape index (κ2) is 4.13. The van der Waals surface area contributed by atoms with Crippen molar-refractivity contribution >= 4 is 22.0 Å². The Bertz CT molecular complexity index is 365. The molecule has 0 heterocycles. The van der Waals surface area contributed by atoms with Gasteiger partial charge in [-0.1, -0.05) is 18.2 Å². The molecule has 0 unspecified atom stereocenters. The summed E-state index contributed by atoms with van der Waals surface area (Å²) in [5.41, 5.74) is 0.186. The fourth-order valence-electron chi connectivity index (χ4n) is 0.773. The van der Waals surface area contributed by atoms with Gasteiger partial charge in [0.05, 0.1) is 4.92 Å². The molecule has 5 heteroatoms. The SMILES string of the molecule is O=[N+]([O-])/C(Br)=C\c1ccccc1F. The van der Waals surface area contributed by atoms with Gasteiger partial charge in [-0.3, -0.25) is 10.1 Å². The number of halogens is 2. The Morgan fingerprint density at radius 1 is 1.54 bits per heavy atom. The molecule has 0 spiro atoms. The lowest BCUT2D eigenvalue weighted by Gasteiger charge is -1.93. The molecule has 13 heavy (non-hydrogen) atoms. The third kappa shape index (κ3) is 2.62. The van der Waals surface area contributed by atoms with Crippen molar-refractivity contribution < 1.29 is 9.31 Å². The maximum absolute atomic E-state index is 12.9. The molecule has 1 aromatic rings. The van der Waals surface area contributed by atoms with Crippen LogP contribution in [0.1, 0.15) is 5.56 Å².